The van der Waals surface area contributed by atoms with E-state index in [0.717, 1.165) is 0 Å². The fourth-order valence-electron chi connectivity index (χ4n) is 1.11. The van der Waals surface area contributed by atoms with Gasteiger partial charge in [-0.1, -0.05) is 0 Å². The van der Waals surface area contributed by atoms with E-state index in [1.807, 2.05) is 0 Å². The fraction of sp³-hybridized carbons (Fsp3) is 0.100. The molecular weight excluding hydrogens is 213 g/mol. The molecule has 6 heteroatoms. The number of carbonyl (C=O) groups is 1. The Bertz CT molecular complexity index is 507. The summed E-state index contributed by atoms with van der Waals surface area (Å²) >= 11 is 0. The monoisotopic (exact) mass is 221 g/mol. The van der Waals surface area contributed by atoms with Crippen molar-refractivity contribution < 1.29 is 13.6 Å². The third-order valence-electron chi connectivity index (χ3n) is 1.82. The Kier molecular flexibility index (Phi) is 2.63. The summed E-state index contributed by atoms with van der Waals surface area (Å²) in [6.07, 6.45) is 0. The summed E-state index contributed by atoms with van der Waals surface area (Å²) in [7, 11) is 0. The smallest absolute Gasteiger partial charge is 0.313 e. The quantitative estimate of drug-likeness (QED) is 0.839. The van der Waals surface area contributed by atoms with Crippen molar-refractivity contribution in [2.45, 2.75) is 6.92 Å². The highest BCUT2D eigenvalue weighted by Crippen LogP contribution is 2.09. The number of hydrogen-bond donors (Lipinski definition) is 1. The van der Waals surface area contributed by atoms with Gasteiger partial charge < -0.3 is 9.73 Å². The minimum Gasteiger partial charge on any atom is -0.417 e. The second kappa shape index (κ2) is 4.09. The van der Waals surface area contributed by atoms with Crippen molar-refractivity contribution in [3.63, 3.8) is 0 Å². The molecule has 0 aliphatic carbocycles. The number of aryl methyl sites for hydroxylation is 1. The van der Waals surface area contributed by atoms with E-state index in [2.05, 4.69) is 15.5 Å². The van der Waals surface area contributed by atoms with Crippen LogP contribution in [0.4, 0.5) is 10.1 Å². The van der Waals surface area contributed by atoms with Gasteiger partial charge in [0, 0.05) is 12.6 Å². The van der Waals surface area contributed by atoms with E-state index in [1.165, 1.54) is 24.3 Å². The zero-order chi connectivity index (χ0) is 11.5. The lowest BCUT2D eigenvalue weighted by atomic mass is 10.3. The Morgan fingerprint density at radius 2 is 2.00 bits per heavy atom. The Balaban J connectivity index is 2.10. The molecule has 1 N–H and O–H groups in total. The Hall–Kier alpha value is -2.24. The van der Waals surface area contributed by atoms with Gasteiger partial charge in [-0.25, -0.2) is 4.39 Å². The van der Waals surface area contributed by atoms with Gasteiger partial charge in [0.2, 0.25) is 5.89 Å². The van der Waals surface area contributed by atoms with E-state index in [-0.39, 0.29) is 11.7 Å². The van der Waals surface area contributed by atoms with Crippen LogP contribution in [0.1, 0.15) is 16.6 Å². The number of hydrogen-bond acceptors (Lipinski definition) is 4. The molecule has 2 rings (SSSR count). The molecule has 1 heterocycles. The van der Waals surface area contributed by atoms with E-state index in [1.54, 1.807) is 6.92 Å². The van der Waals surface area contributed by atoms with Gasteiger partial charge in [-0.2, -0.15) is 0 Å². The fourth-order valence-corrected chi connectivity index (χ4v) is 1.11. The van der Waals surface area contributed by atoms with Crippen LogP contribution in [-0.2, 0) is 0 Å². The first-order chi connectivity index (χ1) is 7.65. The number of rotatable bonds is 2. The number of carbonyl (C=O) groups excluding carboxylic acids is 1. The lowest BCUT2D eigenvalue weighted by Crippen LogP contribution is -2.12. The molecule has 16 heavy (non-hydrogen) atoms. The van der Waals surface area contributed by atoms with Crippen LogP contribution < -0.4 is 5.32 Å². The van der Waals surface area contributed by atoms with Crippen molar-refractivity contribution >= 4 is 11.6 Å². The molecule has 0 spiro atoms. The van der Waals surface area contributed by atoms with Crippen molar-refractivity contribution in [2.75, 3.05) is 5.32 Å². The molecule has 0 saturated heterocycles. The summed E-state index contributed by atoms with van der Waals surface area (Å²) < 4.78 is 17.5. The number of anilines is 1. The van der Waals surface area contributed by atoms with Crippen LogP contribution >= 0.6 is 0 Å². The molecular formula is C10H8FN3O2. The Morgan fingerprint density at radius 1 is 1.31 bits per heavy atom. The molecule has 2 aromatic rings. The predicted octanol–water partition coefficient (Wildman–Crippen LogP) is 1.77. The number of nitrogens with one attached hydrogen (secondary N) is 1. The minimum atomic E-state index is -0.521. The highest BCUT2D eigenvalue weighted by molar-refractivity contribution is 6.00. The summed E-state index contributed by atoms with van der Waals surface area (Å²) in [5.74, 6) is -0.704. The van der Waals surface area contributed by atoms with Crippen molar-refractivity contribution in [2.24, 2.45) is 0 Å². The van der Waals surface area contributed by atoms with Crippen LogP contribution in [0, 0.1) is 12.7 Å². The molecule has 0 atom stereocenters. The third-order valence-corrected chi connectivity index (χ3v) is 1.82. The first-order valence-corrected chi connectivity index (χ1v) is 4.52. The highest BCUT2D eigenvalue weighted by Gasteiger charge is 2.13. The number of benzene rings is 1. The molecule has 82 valence electrons. The van der Waals surface area contributed by atoms with Crippen molar-refractivity contribution in [1.29, 1.82) is 0 Å². The minimum absolute atomic E-state index is 0.123. The lowest BCUT2D eigenvalue weighted by Gasteiger charge is -2.00. The van der Waals surface area contributed by atoms with Gasteiger partial charge in [0.15, 0.2) is 0 Å². The largest absolute Gasteiger partial charge is 0.417 e. The predicted molar refractivity (Wildman–Crippen MR) is 53.4 cm³/mol. The van der Waals surface area contributed by atoms with Crippen molar-refractivity contribution in [1.82, 2.24) is 10.2 Å². The van der Waals surface area contributed by atoms with Crippen LogP contribution in [0.25, 0.3) is 0 Å². The van der Waals surface area contributed by atoms with Crippen LogP contribution in [0.15, 0.2) is 28.7 Å². The highest BCUT2D eigenvalue weighted by atomic mass is 19.1. The van der Waals surface area contributed by atoms with E-state index >= 15 is 0 Å². The zero-order valence-corrected chi connectivity index (χ0v) is 8.40. The van der Waals surface area contributed by atoms with Crippen LogP contribution in [0.2, 0.25) is 0 Å². The van der Waals surface area contributed by atoms with Crippen LogP contribution in [0.5, 0.6) is 0 Å². The number of halogens is 1. The average molecular weight is 221 g/mol. The van der Waals surface area contributed by atoms with Gasteiger partial charge in [-0.15, -0.1) is 10.2 Å². The second-order valence-corrected chi connectivity index (χ2v) is 3.09. The molecule has 0 unspecified atom stereocenters. The van der Waals surface area contributed by atoms with Gasteiger partial charge in [0.25, 0.3) is 0 Å². The molecule has 0 bridgehead atoms. The third kappa shape index (κ3) is 2.22. The summed E-state index contributed by atoms with van der Waals surface area (Å²) in [6, 6.07) is 5.37. The molecule has 1 aromatic carbocycles. The lowest BCUT2D eigenvalue weighted by molar-refractivity contribution is 0.0989. The Labute approximate surface area is 90.3 Å². The standard InChI is InChI=1S/C10H8FN3O2/c1-6-13-14-10(16-6)9(15)12-8-4-2-7(11)3-5-8/h2-5H,1H3,(H,12,15). The molecule has 1 aromatic heterocycles. The van der Waals surface area contributed by atoms with Gasteiger partial charge in [-0.3, -0.25) is 4.79 Å². The van der Waals surface area contributed by atoms with Gasteiger partial charge in [0.05, 0.1) is 0 Å². The first kappa shape index (κ1) is 10.3. The maximum absolute atomic E-state index is 12.6. The van der Waals surface area contributed by atoms with Crippen molar-refractivity contribution in [3.05, 3.63) is 41.9 Å². The van der Waals surface area contributed by atoms with E-state index in [0.29, 0.717) is 11.6 Å². The Morgan fingerprint density at radius 3 is 2.56 bits per heavy atom. The van der Waals surface area contributed by atoms with E-state index < -0.39 is 5.91 Å². The second-order valence-electron chi connectivity index (χ2n) is 3.09. The van der Waals surface area contributed by atoms with Gasteiger partial charge >= 0.3 is 11.8 Å². The molecule has 0 saturated carbocycles. The maximum Gasteiger partial charge on any atom is 0.313 e. The SMILES string of the molecule is Cc1nnc(C(=O)Nc2ccc(F)cc2)o1. The molecule has 0 radical (unpaired) electrons. The summed E-state index contributed by atoms with van der Waals surface area (Å²) in [6.45, 7) is 1.58. The summed E-state index contributed by atoms with van der Waals surface area (Å²) in [5, 5.41) is 9.58. The summed E-state index contributed by atoms with van der Waals surface area (Å²) in [5.41, 5.74) is 0.460. The molecule has 0 aliphatic rings. The zero-order valence-electron chi connectivity index (χ0n) is 8.40. The topological polar surface area (TPSA) is 68.0 Å². The van der Waals surface area contributed by atoms with E-state index in [9.17, 15) is 9.18 Å². The molecule has 1 amide bonds. The number of amides is 1. The van der Waals surface area contributed by atoms with Gasteiger partial charge in [0.1, 0.15) is 5.82 Å². The molecule has 0 aliphatic heterocycles. The normalized spacial score (nSPS) is 10.1. The van der Waals surface area contributed by atoms with Crippen LogP contribution in [0.3, 0.4) is 0 Å². The molecule has 0 fully saturated rings. The first-order valence-electron chi connectivity index (χ1n) is 4.52. The van der Waals surface area contributed by atoms with Gasteiger partial charge in [-0.05, 0) is 24.3 Å². The number of aromatic nitrogens is 2. The molecule has 5 nitrogen and oxygen atoms in total. The average Bonchev–Trinajstić information content (AvgIpc) is 2.68. The van der Waals surface area contributed by atoms with Crippen LogP contribution in [-0.4, -0.2) is 16.1 Å². The maximum atomic E-state index is 12.6. The summed E-state index contributed by atoms with van der Waals surface area (Å²) in [4.78, 5) is 11.5. The van der Waals surface area contributed by atoms with Crippen molar-refractivity contribution in [3.8, 4) is 0 Å². The van der Waals surface area contributed by atoms with E-state index in [4.69, 9.17) is 4.42 Å². The number of nitrogens with zero attached hydrogens (tertiary/aromatic N) is 2.